The van der Waals surface area contributed by atoms with Crippen LogP contribution in [0.5, 0.6) is 0 Å². The molecule has 3 atom stereocenters. The van der Waals surface area contributed by atoms with Crippen molar-refractivity contribution < 1.29 is 8.42 Å². The van der Waals surface area contributed by atoms with Crippen LogP contribution in [0.3, 0.4) is 0 Å². The first-order valence-corrected chi connectivity index (χ1v) is 8.42. The van der Waals surface area contributed by atoms with E-state index in [1.807, 2.05) is 45.2 Å². The van der Waals surface area contributed by atoms with Crippen molar-refractivity contribution in [2.75, 3.05) is 7.05 Å². The molecule has 0 fully saturated rings. The minimum atomic E-state index is -3.12. The van der Waals surface area contributed by atoms with Gasteiger partial charge in [-0.05, 0) is 39.8 Å². The molecule has 0 saturated carbocycles. The third-order valence-electron chi connectivity index (χ3n) is 3.87. The smallest absolute Gasteiger partial charge is 0.157 e. The van der Waals surface area contributed by atoms with Crippen molar-refractivity contribution in [3.05, 3.63) is 35.4 Å². The van der Waals surface area contributed by atoms with E-state index in [1.165, 1.54) is 5.56 Å². The number of rotatable bonds is 6. The molecule has 0 aliphatic heterocycles. The van der Waals surface area contributed by atoms with Crippen molar-refractivity contribution in [1.29, 1.82) is 0 Å². The zero-order chi connectivity index (χ0) is 14.6. The highest BCUT2D eigenvalue weighted by Crippen LogP contribution is 2.25. The predicted molar refractivity (Wildman–Crippen MR) is 81.1 cm³/mol. The van der Waals surface area contributed by atoms with E-state index in [2.05, 4.69) is 5.32 Å². The van der Waals surface area contributed by atoms with Gasteiger partial charge in [-0.3, -0.25) is 0 Å². The Morgan fingerprint density at radius 2 is 1.68 bits per heavy atom. The second-order valence-electron chi connectivity index (χ2n) is 5.19. The molecular formula is C15H25NO2S. The molecule has 0 aliphatic carbocycles. The van der Waals surface area contributed by atoms with Crippen LogP contribution in [-0.4, -0.2) is 26.0 Å². The van der Waals surface area contributed by atoms with Crippen LogP contribution < -0.4 is 5.32 Å². The van der Waals surface area contributed by atoms with Crippen LogP contribution >= 0.6 is 0 Å². The predicted octanol–water partition coefficient (Wildman–Crippen LogP) is 2.86. The summed E-state index contributed by atoms with van der Waals surface area (Å²) in [5, 5.41) is 2.41. The van der Waals surface area contributed by atoms with Crippen LogP contribution in [0.4, 0.5) is 0 Å². The molecule has 4 heteroatoms. The largest absolute Gasteiger partial charge is 0.312 e. The lowest BCUT2D eigenvalue weighted by molar-refractivity contribution is 0.521. The zero-order valence-electron chi connectivity index (χ0n) is 12.5. The highest BCUT2D eigenvalue weighted by molar-refractivity contribution is 7.92. The lowest BCUT2D eigenvalue weighted by Crippen LogP contribution is -2.37. The second-order valence-corrected chi connectivity index (χ2v) is 7.92. The number of benzene rings is 1. The quantitative estimate of drug-likeness (QED) is 0.873. The molecule has 0 aliphatic rings. The van der Waals surface area contributed by atoms with Crippen molar-refractivity contribution in [3.8, 4) is 0 Å². The maximum absolute atomic E-state index is 12.5. The van der Waals surface area contributed by atoms with Gasteiger partial charge in [0.25, 0.3) is 0 Å². The molecular weight excluding hydrogens is 258 g/mol. The third-order valence-corrected chi connectivity index (χ3v) is 6.63. The summed E-state index contributed by atoms with van der Waals surface area (Å²) in [6.07, 6.45) is 0.650. The Bertz CT molecular complexity index is 493. The molecule has 19 heavy (non-hydrogen) atoms. The van der Waals surface area contributed by atoms with E-state index in [0.29, 0.717) is 6.42 Å². The van der Waals surface area contributed by atoms with E-state index in [1.54, 1.807) is 13.8 Å². The molecule has 3 unspecified atom stereocenters. The first-order valence-electron chi connectivity index (χ1n) is 6.81. The normalized spacial score (nSPS) is 16.9. The van der Waals surface area contributed by atoms with Gasteiger partial charge >= 0.3 is 0 Å². The molecule has 0 saturated heterocycles. The molecule has 1 N–H and O–H groups in total. The van der Waals surface area contributed by atoms with Gasteiger partial charge in [0.15, 0.2) is 9.84 Å². The fourth-order valence-electron chi connectivity index (χ4n) is 2.23. The fraction of sp³-hybridized carbons (Fsp3) is 0.600. The standard InChI is InChI=1S/C15H25NO2S/c1-6-12(3)19(17,18)13(4)15(16-5)14-9-7-11(2)8-10-14/h7-10,12-13,15-16H,6H2,1-5H3. The van der Waals surface area contributed by atoms with E-state index >= 15 is 0 Å². The Balaban J connectivity index is 3.07. The molecule has 1 aromatic carbocycles. The Morgan fingerprint density at radius 1 is 1.16 bits per heavy atom. The SMILES string of the molecule is CCC(C)S(=O)(=O)C(C)C(NC)c1ccc(C)cc1. The fourth-order valence-corrected chi connectivity index (χ4v) is 4.10. The van der Waals surface area contributed by atoms with Gasteiger partial charge in [0.05, 0.1) is 10.5 Å². The first kappa shape index (κ1) is 16.2. The first-order chi connectivity index (χ1) is 8.84. The highest BCUT2D eigenvalue weighted by Gasteiger charge is 2.32. The Labute approximate surface area is 117 Å². The van der Waals surface area contributed by atoms with Gasteiger partial charge < -0.3 is 5.32 Å². The van der Waals surface area contributed by atoms with Gasteiger partial charge in [-0.1, -0.05) is 36.8 Å². The average molecular weight is 283 g/mol. The average Bonchev–Trinajstić information content (AvgIpc) is 2.40. The summed E-state index contributed by atoms with van der Waals surface area (Å²) in [5.74, 6) is 0. The number of hydrogen-bond donors (Lipinski definition) is 1. The lowest BCUT2D eigenvalue weighted by atomic mass is 10.0. The van der Waals surface area contributed by atoms with E-state index in [4.69, 9.17) is 0 Å². The molecule has 0 radical (unpaired) electrons. The van der Waals surface area contributed by atoms with Crippen molar-refractivity contribution in [2.45, 2.75) is 50.7 Å². The molecule has 1 rings (SSSR count). The maximum atomic E-state index is 12.5. The van der Waals surface area contributed by atoms with E-state index < -0.39 is 15.1 Å². The molecule has 0 aromatic heterocycles. The summed E-state index contributed by atoms with van der Waals surface area (Å²) in [6.45, 7) is 7.52. The van der Waals surface area contributed by atoms with Crippen LogP contribution in [0.25, 0.3) is 0 Å². The molecule has 0 amide bonds. The summed E-state index contributed by atoms with van der Waals surface area (Å²) in [5.41, 5.74) is 2.20. The molecule has 0 heterocycles. The van der Waals surface area contributed by atoms with E-state index in [-0.39, 0.29) is 11.3 Å². The summed E-state index contributed by atoms with van der Waals surface area (Å²) in [6, 6.07) is 7.86. The monoisotopic (exact) mass is 283 g/mol. The summed E-state index contributed by atoms with van der Waals surface area (Å²) >= 11 is 0. The number of sulfone groups is 1. The topological polar surface area (TPSA) is 46.2 Å². The Kier molecular flexibility index (Phi) is 5.56. The minimum absolute atomic E-state index is 0.167. The van der Waals surface area contributed by atoms with Gasteiger partial charge in [0.2, 0.25) is 0 Å². The van der Waals surface area contributed by atoms with Gasteiger partial charge in [-0.2, -0.15) is 0 Å². The number of hydrogen-bond acceptors (Lipinski definition) is 3. The van der Waals surface area contributed by atoms with Gasteiger partial charge in [-0.25, -0.2) is 8.42 Å². The molecule has 108 valence electrons. The summed E-state index contributed by atoms with van der Waals surface area (Å²) in [4.78, 5) is 0. The van der Waals surface area contributed by atoms with Crippen LogP contribution in [-0.2, 0) is 9.84 Å². The highest BCUT2D eigenvalue weighted by atomic mass is 32.2. The molecule has 0 bridgehead atoms. The van der Waals surface area contributed by atoms with Gasteiger partial charge in [0, 0.05) is 6.04 Å². The summed E-state index contributed by atoms with van der Waals surface area (Å²) in [7, 11) is -1.31. The van der Waals surface area contributed by atoms with Gasteiger partial charge in [0.1, 0.15) is 0 Å². The van der Waals surface area contributed by atoms with Crippen LogP contribution in [0.1, 0.15) is 44.4 Å². The van der Waals surface area contributed by atoms with E-state index in [9.17, 15) is 8.42 Å². The Hall–Kier alpha value is -0.870. The van der Waals surface area contributed by atoms with Gasteiger partial charge in [-0.15, -0.1) is 0 Å². The minimum Gasteiger partial charge on any atom is -0.312 e. The van der Waals surface area contributed by atoms with E-state index in [0.717, 1.165) is 5.56 Å². The maximum Gasteiger partial charge on any atom is 0.157 e. The van der Waals surface area contributed by atoms with Crippen molar-refractivity contribution >= 4 is 9.84 Å². The number of aryl methyl sites for hydroxylation is 1. The lowest BCUT2D eigenvalue weighted by Gasteiger charge is -2.26. The van der Waals surface area contributed by atoms with Crippen molar-refractivity contribution in [3.63, 3.8) is 0 Å². The molecule has 3 nitrogen and oxygen atoms in total. The Morgan fingerprint density at radius 3 is 2.11 bits per heavy atom. The van der Waals surface area contributed by atoms with Crippen molar-refractivity contribution in [2.24, 2.45) is 0 Å². The molecule has 0 spiro atoms. The van der Waals surface area contributed by atoms with Crippen molar-refractivity contribution in [1.82, 2.24) is 5.32 Å². The zero-order valence-corrected chi connectivity index (χ0v) is 13.3. The van der Waals surface area contributed by atoms with Crippen LogP contribution in [0.15, 0.2) is 24.3 Å². The van der Waals surface area contributed by atoms with Crippen LogP contribution in [0.2, 0.25) is 0 Å². The molecule has 1 aromatic rings. The second kappa shape index (κ2) is 6.53. The third kappa shape index (κ3) is 3.57. The number of nitrogens with one attached hydrogen (secondary N) is 1. The van der Waals surface area contributed by atoms with Crippen LogP contribution in [0, 0.1) is 6.92 Å². The summed E-state index contributed by atoms with van der Waals surface area (Å²) < 4.78 is 24.9.